The zero-order valence-electron chi connectivity index (χ0n) is 11.8. The fourth-order valence-corrected chi connectivity index (χ4v) is 2.15. The van der Waals surface area contributed by atoms with Gasteiger partial charge in [0.25, 0.3) is 0 Å². The van der Waals surface area contributed by atoms with Crippen LogP contribution in [-0.4, -0.2) is 18.3 Å². The number of rotatable bonds is 5. The smallest absolute Gasteiger partial charge is 0.161 e. The van der Waals surface area contributed by atoms with Gasteiger partial charge in [0.2, 0.25) is 0 Å². The van der Waals surface area contributed by atoms with Crippen molar-refractivity contribution >= 4 is 11.6 Å². The standard InChI is InChI=1S/C16H16ClFO3/c1-3-20-15-6-5-10(7-16(15)21-4-2)11-8-12(17)13(18)9-14(11)19/h5-9,19H,3-4H2,1-2H3. The molecule has 5 heteroatoms. The summed E-state index contributed by atoms with van der Waals surface area (Å²) in [7, 11) is 0. The Labute approximate surface area is 127 Å². The Morgan fingerprint density at radius 3 is 2.38 bits per heavy atom. The summed E-state index contributed by atoms with van der Waals surface area (Å²) in [5.41, 5.74) is 1.10. The lowest BCUT2D eigenvalue weighted by Crippen LogP contribution is -1.98. The van der Waals surface area contributed by atoms with E-state index in [4.69, 9.17) is 21.1 Å². The molecule has 112 valence electrons. The first-order valence-electron chi connectivity index (χ1n) is 6.64. The highest BCUT2D eigenvalue weighted by Gasteiger charge is 2.13. The predicted molar refractivity (Wildman–Crippen MR) is 80.8 cm³/mol. The van der Waals surface area contributed by atoms with Gasteiger partial charge in [-0.15, -0.1) is 0 Å². The molecule has 3 nitrogen and oxygen atoms in total. The maximum absolute atomic E-state index is 13.3. The second kappa shape index (κ2) is 6.68. The lowest BCUT2D eigenvalue weighted by molar-refractivity contribution is 0.288. The maximum Gasteiger partial charge on any atom is 0.161 e. The van der Waals surface area contributed by atoms with E-state index in [0.717, 1.165) is 6.07 Å². The van der Waals surface area contributed by atoms with Gasteiger partial charge in [-0.25, -0.2) is 4.39 Å². The first kappa shape index (κ1) is 15.4. The monoisotopic (exact) mass is 310 g/mol. The van der Waals surface area contributed by atoms with Crippen LogP contribution in [0, 0.1) is 5.82 Å². The van der Waals surface area contributed by atoms with Gasteiger partial charge in [0.05, 0.1) is 18.2 Å². The lowest BCUT2D eigenvalue weighted by atomic mass is 10.0. The highest BCUT2D eigenvalue weighted by atomic mass is 35.5. The van der Waals surface area contributed by atoms with Crippen molar-refractivity contribution in [2.24, 2.45) is 0 Å². The van der Waals surface area contributed by atoms with Crippen LogP contribution in [0.1, 0.15) is 13.8 Å². The van der Waals surface area contributed by atoms with E-state index < -0.39 is 5.82 Å². The molecule has 0 radical (unpaired) electrons. The summed E-state index contributed by atoms with van der Waals surface area (Å²) in [6.45, 7) is 4.76. The van der Waals surface area contributed by atoms with Gasteiger partial charge >= 0.3 is 0 Å². The van der Waals surface area contributed by atoms with E-state index in [2.05, 4.69) is 0 Å². The molecule has 0 unspecified atom stereocenters. The van der Waals surface area contributed by atoms with Crippen LogP contribution in [0.2, 0.25) is 5.02 Å². The normalized spacial score (nSPS) is 10.5. The summed E-state index contributed by atoms with van der Waals surface area (Å²) in [5.74, 6) is 0.352. The van der Waals surface area contributed by atoms with Crippen LogP contribution in [0.15, 0.2) is 30.3 Å². The molecule has 0 saturated heterocycles. The minimum Gasteiger partial charge on any atom is -0.507 e. The molecule has 2 rings (SSSR count). The highest BCUT2D eigenvalue weighted by Crippen LogP contribution is 2.38. The molecule has 0 spiro atoms. The quantitative estimate of drug-likeness (QED) is 0.873. The van der Waals surface area contributed by atoms with Gasteiger partial charge in [0.15, 0.2) is 11.5 Å². The molecule has 0 fully saturated rings. The molecule has 0 saturated carbocycles. The number of aromatic hydroxyl groups is 1. The van der Waals surface area contributed by atoms with Crippen molar-refractivity contribution in [2.75, 3.05) is 13.2 Å². The number of hydrogen-bond donors (Lipinski definition) is 1. The molecule has 0 bridgehead atoms. The van der Waals surface area contributed by atoms with Gasteiger partial charge in [-0.05, 0) is 37.6 Å². The predicted octanol–water partition coefficient (Wildman–Crippen LogP) is 4.65. The zero-order valence-corrected chi connectivity index (χ0v) is 12.6. The summed E-state index contributed by atoms with van der Waals surface area (Å²) < 4.78 is 24.3. The molecule has 0 aliphatic rings. The molecule has 0 aromatic heterocycles. The molecule has 1 N–H and O–H groups in total. The SMILES string of the molecule is CCOc1ccc(-c2cc(Cl)c(F)cc2O)cc1OCC. The third-order valence-corrected chi connectivity index (χ3v) is 3.18. The van der Waals surface area contributed by atoms with Crippen LogP contribution in [0.25, 0.3) is 11.1 Å². The van der Waals surface area contributed by atoms with Crippen molar-refractivity contribution in [2.45, 2.75) is 13.8 Å². The second-order valence-corrected chi connectivity index (χ2v) is 4.72. The number of halogens is 2. The van der Waals surface area contributed by atoms with E-state index in [9.17, 15) is 9.50 Å². The zero-order chi connectivity index (χ0) is 15.4. The lowest BCUT2D eigenvalue weighted by Gasteiger charge is -2.13. The first-order chi connectivity index (χ1) is 10.1. The molecular formula is C16H16ClFO3. The Kier molecular flexibility index (Phi) is 4.91. The maximum atomic E-state index is 13.3. The van der Waals surface area contributed by atoms with Gasteiger partial charge in [-0.3, -0.25) is 0 Å². The van der Waals surface area contributed by atoms with Crippen LogP contribution in [0.5, 0.6) is 17.2 Å². The number of phenols is 1. The van der Waals surface area contributed by atoms with Gasteiger partial charge in [-0.2, -0.15) is 0 Å². The van der Waals surface area contributed by atoms with Crippen molar-refractivity contribution < 1.29 is 19.0 Å². The number of ether oxygens (including phenoxy) is 2. The third-order valence-electron chi connectivity index (χ3n) is 2.89. The number of hydrogen-bond acceptors (Lipinski definition) is 3. The second-order valence-electron chi connectivity index (χ2n) is 4.31. The molecule has 21 heavy (non-hydrogen) atoms. The molecule has 2 aromatic rings. The van der Waals surface area contributed by atoms with E-state index in [0.29, 0.717) is 35.8 Å². The summed E-state index contributed by atoms with van der Waals surface area (Å²) in [6, 6.07) is 7.63. The van der Waals surface area contributed by atoms with Crippen molar-refractivity contribution in [1.82, 2.24) is 0 Å². The number of phenolic OH excluding ortho intramolecular Hbond substituents is 1. The van der Waals surface area contributed by atoms with E-state index in [-0.39, 0.29) is 10.8 Å². The van der Waals surface area contributed by atoms with Crippen LogP contribution >= 0.6 is 11.6 Å². The first-order valence-corrected chi connectivity index (χ1v) is 7.02. The fraction of sp³-hybridized carbons (Fsp3) is 0.250. The van der Waals surface area contributed by atoms with Crippen molar-refractivity contribution in [3.05, 3.63) is 41.2 Å². The van der Waals surface area contributed by atoms with Gasteiger partial charge in [0, 0.05) is 11.6 Å². The minimum absolute atomic E-state index is 0.0466. The Balaban J connectivity index is 2.49. The summed E-state index contributed by atoms with van der Waals surface area (Å²) in [6.07, 6.45) is 0. The molecular weight excluding hydrogens is 295 g/mol. The van der Waals surface area contributed by atoms with Crippen LogP contribution in [-0.2, 0) is 0 Å². The average molecular weight is 311 g/mol. The Morgan fingerprint density at radius 1 is 1.05 bits per heavy atom. The van der Waals surface area contributed by atoms with Gasteiger partial charge < -0.3 is 14.6 Å². The Morgan fingerprint density at radius 2 is 1.71 bits per heavy atom. The van der Waals surface area contributed by atoms with Crippen LogP contribution < -0.4 is 9.47 Å². The molecule has 0 aliphatic heterocycles. The van der Waals surface area contributed by atoms with Gasteiger partial charge in [0.1, 0.15) is 11.6 Å². The molecule has 0 amide bonds. The Bertz CT molecular complexity index is 644. The summed E-state index contributed by atoms with van der Waals surface area (Å²) in [4.78, 5) is 0. The van der Waals surface area contributed by atoms with E-state index in [1.165, 1.54) is 6.07 Å². The molecule has 0 atom stereocenters. The van der Waals surface area contributed by atoms with E-state index in [1.54, 1.807) is 18.2 Å². The van der Waals surface area contributed by atoms with Crippen molar-refractivity contribution in [3.8, 4) is 28.4 Å². The minimum atomic E-state index is -0.658. The third kappa shape index (κ3) is 3.39. The Hall–Kier alpha value is -1.94. The highest BCUT2D eigenvalue weighted by molar-refractivity contribution is 6.31. The van der Waals surface area contributed by atoms with E-state index >= 15 is 0 Å². The molecule has 0 aliphatic carbocycles. The van der Waals surface area contributed by atoms with Crippen LogP contribution in [0.3, 0.4) is 0 Å². The summed E-state index contributed by atoms with van der Waals surface area (Å²) in [5, 5.41) is 9.85. The number of benzene rings is 2. The average Bonchev–Trinajstić information content (AvgIpc) is 2.45. The van der Waals surface area contributed by atoms with Gasteiger partial charge in [-0.1, -0.05) is 17.7 Å². The molecule has 0 heterocycles. The molecule has 2 aromatic carbocycles. The largest absolute Gasteiger partial charge is 0.507 e. The van der Waals surface area contributed by atoms with Crippen LogP contribution in [0.4, 0.5) is 4.39 Å². The topological polar surface area (TPSA) is 38.7 Å². The fourth-order valence-electron chi connectivity index (χ4n) is 1.99. The summed E-state index contributed by atoms with van der Waals surface area (Å²) >= 11 is 5.78. The van der Waals surface area contributed by atoms with E-state index in [1.807, 2.05) is 13.8 Å². The van der Waals surface area contributed by atoms with Crippen molar-refractivity contribution in [3.63, 3.8) is 0 Å². The van der Waals surface area contributed by atoms with Crippen molar-refractivity contribution in [1.29, 1.82) is 0 Å².